The van der Waals surface area contributed by atoms with Gasteiger partial charge >= 0.3 is 0 Å². The van der Waals surface area contributed by atoms with E-state index in [0.29, 0.717) is 17.6 Å². The third kappa shape index (κ3) is 0.318. The van der Waals surface area contributed by atoms with Gasteiger partial charge in [0, 0.05) is 11.8 Å². The Kier molecular flexibility index (Phi) is 0.618. The molecule has 1 nitrogen and oxygen atoms in total. The van der Waals surface area contributed by atoms with Crippen LogP contribution in [0.25, 0.3) is 0 Å². The Morgan fingerprint density at radius 2 is 1.40 bits per heavy atom. The highest BCUT2D eigenvalue weighted by Gasteiger charge is 2.51. The first-order chi connectivity index (χ1) is 4.88. The van der Waals surface area contributed by atoms with Crippen molar-refractivity contribution in [2.24, 2.45) is 23.7 Å². The summed E-state index contributed by atoms with van der Waals surface area (Å²) in [6.45, 7) is 0. The van der Waals surface area contributed by atoms with Crippen molar-refractivity contribution in [2.75, 3.05) is 0 Å². The zero-order valence-electron chi connectivity index (χ0n) is 5.53. The lowest BCUT2D eigenvalue weighted by Crippen LogP contribution is -2.22. The predicted molar refractivity (Wildman–Crippen MR) is 37.2 cm³/mol. The maximum Gasteiger partial charge on any atom is 0.147 e. The zero-order chi connectivity index (χ0) is 6.72. The van der Waals surface area contributed by atoms with Gasteiger partial charge in [-0.1, -0.05) is 24.3 Å². The number of carbonyl (C=O) groups is 1. The fraction of sp³-hybridized carbons (Fsp3) is 0.444. The first-order valence-corrected chi connectivity index (χ1v) is 3.78. The third-order valence-corrected chi connectivity index (χ3v) is 3.01. The molecule has 0 amide bonds. The van der Waals surface area contributed by atoms with Crippen molar-refractivity contribution in [1.29, 1.82) is 0 Å². The quantitative estimate of drug-likeness (QED) is 0.452. The second-order valence-corrected chi connectivity index (χ2v) is 3.38. The maximum atomic E-state index is 11.3. The monoisotopic (exact) mass is 132 g/mol. The molecular formula is C9H8O. The van der Waals surface area contributed by atoms with Gasteiger partial charge in [0.2, 0.25) is 0 Å². The van der Waals surface area contributed by atoms with E-state index < -0.39 is 0 Å². The van der Waals surface area contributed by atoms with Gasteiger partial charge in [0.05, 0.1) is 0 Å². The number of allylic oxidation sites excluding steroid dienone is 4. The summed E-state index contributed by atoms with van der Waals surface area (Å²) in [4.78, 5) is 11.3. The van der Waals surface area contributed by atoms with E-state index in [1.54, 1.807) is 0 Å². The van der Waals surface area contributed by atoms with Gasteiger partial charge < -0.3 is 0 Å². The summed E-state index contributed by atoms with van der Waals surface area (Å²) in [7, 11) is 0. The molecule has 3 rings (SSSR count). The molecule has 1 heteroatoms. The van der Waals surface area contributed by atoms with Crippen LogP contribution in [-0.2, 0) is 4.79 Å². The third-order valence-electron chi connectivity index (χ3n) is 3.01. The predicted octanol–water partition coefficient (Wildman–Crippen LogP) is 1.17. The summed E-state index contributed by atoms with van der Waals surface area (Å²) in [5.41, 5.74) is 0. The molecular weight excluding hydrogens is 124 g/mol. The first-order valence-electron chi connectivity index (χ1n) is 3.78. The molecule has 0 N–H and O–H groups in total. The van der Waals surface area contributed by atoms with Crippen molar-refractivity contribution < 1.29 is 4.79 Å². The van der Waals surface area contributed by atoms with Crippen LogP contribution in [-0.4, -0.2) is 5.78 Å². The summed E-state index contributed by atoms with van der Waals surface area (Å²) in [5, 5.41) is 0. The lowest BCUT2D eigenvalue weighted by atomic mass is 9.75. The molecule has 0 aliphatic heterocycles. The minimum absolute atomic E-state index is 0.264. The summed E-state index contributed by atoms with van der Waals surface area (Å²) < 4.78 is 0. The van der Waals surface area contributed by atoms with Crippen molar-refractivity contribution in [2.45, 2.75) is 0 Å². The summed E-state index contributed by atoms with van der Waals surface area (Å²) in [6.07, 6.45) is 8.52. The highest BCUT2D eigenvalue weighted by molar-refractivity contribution is 5.93. The Morgan fingerprint density at radius 1 is 0.900 bits per heavy atom. The molecule has 2 bridgehead atoms. The molecule has 0 saturated heterocycles. The minimum Gasteiger partial charge on any atom is -0.298 e. The van der Waals surface area contributed by atoms with Crippen LogP contribution in [0.1, 0.15) is 0 Å². The zero-order valence-corrected chi connectivity index (χ0v) is 5.53. The molecule has 0 aromatic carbocycles. The second-order valence-electron chi connectivity index (χ2n) is 3.38. The van der Waals surface area contributed by atoms with Crippen molar-refractivity contribution in [3.8, 4) is 0 Å². The molecule has 1 saturated carbocycles. The number of ketones is 1. The van der Waals surface area contributed by atoms with Crippen LogP contribution in [0, 0.1) is 23.7 Å². The molecule has 0 spiro atoms. The summed E-state index contributed by atoms with van der Waals surface area (Å²) >= 11 is 0. The van der Waals surface area contributed by atoms with E-state index >= 15 is 0 Å². The van der Waals surface area contributed by atoms with Crippen LogP contribution in [0.4, 0.5) is 0 Å². The average molecular weight is 132 g/mol. The van der Waals surface area contributed by atoms with Gasteiger partial charge in [-0.3, -0.25) is 4.79 Å². The van der Waals surface area contributed by atoms with E-state index in [0.717, 1.165) is 0 Å². The van der Waals surface area contributed by atoms with Crippen molar-refractivity contribution in [1.82, 2.24) is 0 Å². The van der Waals surface area contributed by atoms with Gasteiger partial charge in [0.25, 0.3) is 0 Å². The number of hydrogen-bond acceptors (Lipinski definition) is 1. The molecule has 0 aromatic heterocycles. The lowest BCUT2D eigenvalue weighted by molar-refractivity contribution is -0.121. The Bertz CT molecular complexity index is 238. The highest BCUT2D eigenvalue weighted by Crippen LogP contribution is 2.51. The fourth-order valence-corrected chi connectivity index (χ4v) is 2.37. The van der Waals surface area contributed by atoms with Crippen LogP contribution in [0.3, 0.4) is 0 Å². The van der Waals surface area contributed by atoms with Crippen molar-refractivity contribution >= 4 is 5.78 Å². The number of rotatable bonds is 0. The standard InChI is InChI=1S/C9H8O/c10-9-7-3-4-8(9)6-2-1-5(6)7/h1-8H. The largest absolute Gasteiger partial charge is 0.298 e. The minimum atomic E-state index is 0.264. The van der Waals surface area contributed by atoms with E-state index in [-0.39, 0.29) is 11.8 Å². The molecule has 0 aromatic rings. The molecule has 10 heavy (non-hydrogen) atoms. The van der Waals surface area contributed by atoms with Gasteiger partial charge in [-0.25, -0.2) is 0 Å². The number of hydrogen-bond donors (Lipinski definition) is 0. The van der Waals surface area contributed by atoms with Crippen LogP contribution in [0.15, 0.2) is 24.3 Å². The Morgan fingerprint density at radius 3 is 1.70 bits per heavy atom. The molecule has 3 aliphatic carbocycles. The Balaban J connectivity index is 2.16. The fourth-order valence-electron chi connectivity index (χ4n) is 2.37. The number of carbonyl (C=O) groups excluding carboxylic acids is 1. The van der Waals surface area contributed by atoms with Crippen LogP contribution >= 0.6 is 0 Å². The first kappa shape index (κ1) is 4.89. The van der Waals surface area contributed by atoms with Gasteiger partial charge in [-0.2, -0.15) is 0 Å². The van der Waals surface area contributed by atoms with Crippen LogP contribution in [0.2, 0.25) is 0 Å². The molecule has 0 radical (unpaired) electrons. The average Bonchev–Trinajstić information content (AvgIpc) is 2.21. The molecule has 4 atom stereocenters. The number of fused-ring (bicyclic) bond motifs is 5. The molecule has 50 valence electrons. The van der Waals surface area contributed by atoms with Gasteiger partial charge in [0.15, 0.2) is 0 Å². The van der Waals surface area contributed by atoms with E-state index in [4.69, 9.17) is 0 Å². The molecule has 4 unspecified atom stereocenters. The van der Waals surface area contributed by atoms with E-state index in [2.05, 4.69) is 24.3 Å². The van der Waals surface area contributed by atoms with Crippen LogP contribution in [0.5, 0.6) is 0 Å². The van der Waals surface area contributed by atoms with Crippen molar-refractivity contribution in [3.63, 3.8) is 0 Å². The van der Waals surface area contributed by atoms with E-state index in [1.807, 2.05) is 0 Å². The van der Waals surface area contributed by atoms with Crippen molar-refractivity contribution in [3.05, 3.63) is 24.3 Å². The lowest BCUT2D eigenvalue weighted by Gasteiger charge is -2.28. The Labute approximate surface area is 59.4 Å². The molecule has 0 heterocycles. The molecule has 3 aliphatic rings. The van der Waals surface area contributed by atoms with E-state index in [9.17, 15) is 4.79 Å². The molecule has 1 fully saturated rings. The SMILES string of the molecule is O=C1C2C=CC1C1C=CC21. The smallest absolute Gasteiger partial charge is 0.147 e. The normalized spacial score (nSPS) is 53.4. The van der Waals surface area contributed by atoms with Gasteiger partial charge in [0.1, 0.15) is 5.78 Å². The van der Waals surface area contributed by atoms with Gasteiger partial charge in [-0.05, 0) is 11.8 Å². The number of Topliss-reactive ketones (excluding diaryl/α,β-unsaturated/α-hetero) is 1. The van der Waals surface area contributed by atoms with Crippen LogP contribution < -0.4 is 0 Å². The van der Waals surface area contributed by atoms with Gasteiger partial charge in [-0.15, -0.1) is 0 Å². The Hall–Kier alpha value is -0.850. The topological polar surface area (TPSA) is 17.1 Å². The summed E-state index contributed by atoms with van der Waals surface area (Å²) in [5.74, 6) is 2.16. The maximum absolute atomic E-state index is 11.3. The van der Waals surface area contributed by atoms with E-state index in [1.165, 1.54) is 0 Å². The summed E-state index contributed by atoms with van der Waals surface area (Å²) in [6, 6.07) is 0. The highest BCUT2D eigenvalue weighted by atomic mass is 16.1. The second kappa shape index (κ2) is 1.26.